The average Bonchev–Trinajstić information content (AvgIpc) is 3.00. The van der Waals surface area contributed by atoms with Crippen LogP contribution in [0, 0.1) is 0 Å². The lowest BCUT2D eigenvalue weighted by Crippen LogP contribution is -2.34. The smallest absolute Gasteiger partial charge is 0.308 e. The Morgan fingerprint density at radius 1 is 1.36 bits per heavy atom. The number of nitrogens with one attached hydrogen (secondary N) is 1. The van der Waals surface area contributed by atoms with Crippen LogP contribution in [-0.2, 0) is 0 Å². The molecule has 7 heteroatoms. The van der Waals surface area contributed by atoms with Crippen LogP contribution in [0.3, 0.4) is 0 Å². The third-order valence-corrected chi connectivity index (χ3v) is 5.10. The minimum Gasteiger partial charge on any atom is -0.308 e. The Morgan fingerprint density at radius 3 is 2.95 bits per heavy atom. The fourth-order valence-electron chi connectivity index (χ4n) is 2.25. The number of amides is 2. The number of hydrogen-bond acceptors (Lipinski definition) is 3. The first-order valence-electron chi connectivity index (χ1n) is 6.69. The Balaban J connectivity index is 1.76. The van der Waals surface area contributed by atoms with E-state index in [2.05, 4.69) is 10.3 Å². The molecule has 2 amide bonds. The van der Waals surface area contributed by atoms with Gasteiger partial charge in [-0.25, -0.2) is 4.79 Å². The highest BCUT2D eigenvalue weighted by atomic mass is 35.5. The molecule has 3 rings (SSSR count). The number of carbonyl (C=O) groups excluding carboxylic acids is 1. The highest BCUT2D eigenvalue weighted by molar-refractivity contribution is 7.99. The lowest BCUT2D eigenvalue weighted by Gasteiger charge is -2.24. The van der Waals surface area contributed by atoms with Crippen molar-refractivity contribution < 1.29 is 4.79 Å². The van der Waals surface area contributed by atoms with Crippen LogP contribution in [0.15, 0.2) is 42.7 Å². The number of aromatic nitrogens is 1. The van der Waals surface area contributed by atoms with E-state index in [1.807, 2.05) is 12.1 Å². The summed E-state index contributed by atoms with van der Waals surface area (Å²) in [5, 5.41) is 3.77. The van der Waals surface area contributed by atoms with Crippen LogP contribution >= 0.6 is 35.0 Å². The van der Waals surface area contributed by atoms with E-state index < -0.39 is 0 Å². The molecule has 0 radical (unpaired) electrons. The third kappa shape index (κ3) is 3.32. The molecule has 4 nitrogen and oxygen atoms in total. The van der Waals surface area contributed by atoms with Gasteiger partial charge in [-0.15, -0.1) is 11.8 Å². The molecular formula is C15H13Cl2N3OS. The first-order chi connectivity index (χ1) is 10.6. The Morgan fingerprint density at radius 2 is 2.23 bits per heavy atom. The molecule has 1 aliphatic rings. The predicted molar refractivity (Wildman–Crippen MR) is 91.6 cm³/mol. The maximum absolute atomic E-state index is 12.5. The molecule has 1 fully saturated rings. The molecule has 114 valence electrons. The van der Waals surface area contributed by atoms with Gasteiger partial charge in [0.05, 0.1) is 10.7 Å². The summed E-state index contributed by atoms with van der Waals surface area (Å²) in [6.45, 7) is 0.682. The van der Waals surface area contributed by atoms with E-state index in [1.54, 1.807) is 47.3 Å². The summed E-state index contributed by atoms with van der Waals surface area (Å²) < 4.78 is 0. The monoisotopic (exact) mass is 353 g/mol. The van der Waals surface area contributed by atoms with Crippen LogP contribution < -0.4 is 5.32 Å². The third-order valence-electron chi connectivity index (χ3n) is 3.29. The minimum atomic E-state index is -0.178. The van der Waals surface area contributed by atoms with Crippen molar-refractivity contribution in [1.29, 1.82) is 0 Å². The summed E-state index contributed by atoms with van der Waals surface area (Å²) in [5.74, 6) is 0.890. The summed E-state index contributed by atoms with van der Waals surface area (Å²) in [7, 11) is 0. The van der Waals surface area contributed by atoms with Gasteiger partial charge in [0, 0.05) is 35.3 Å². The van der Waals surface area contributed by atoms with Gasteiger partial charge in [0.1, 0.15) is 5.37 Å². The molecule has 1 N–H and O–H groups in total. The Hall–Kier alpha value is -1.43. The van der Waals surface area contributed by atoms with Crippen molar-refractivity contribution in [1.82, 2.24) is 9.88 Å². The summed E-state index contributed by atoms with van der Waals surface area (Å²) >= 11 is 13.7. The van der Waals surface area contributed by atoms with Gasteiger partial charge >= 0.3 is 6.03 Å². The van der Waals surface area contributed by atoms with Crippen molar-refractivity contribution >= 4 is 46.7 Å². The zero-order chi connectivity index (χ0) is 15.5. The molecule has 0 bridgehead atoms. The second kappa shape index (κ2) is 6.77. The standard InChI is InChI=1S/C15H13Cl2N3OS/c16-11-3-4-13(12(17)8-11)19-15(21)20-6-7-22-14(20)10-2-1-5-18-9-10/h1-5,8-9,14H,6-7H2,(H,19,21)/t14-/m1/s1. The number of carbonyl (C=O) groups is 1. The first-order valence-corrected chi connectivity index (χ1v) is 8.50. The van der Waals surface area contributed by atoms with Crippen molar-refractivity contribution in [2.75, 3.05) is 17.6 Å². The van der Waals surface area contributed by atoms with Crippen LogP contribution in [0.5, 0.6) is 0 Å². The fraction of sp³-hybridized carbons (Fsp3) is 0.200. The molecule has 1 atom stereocenters. The Bertz CT molecular complexity index is 684. The van der Waals surface area contributed by atoms with Crippen molar-refractivity contribution in [3.63, 3.8) is 0 Å². The zero-order valence-corrected chi connectivity index (χ0v) is 13.8. The normalized spacial score (nSPS) is 17.5. The minimum absolute atomic E-state index is 0.0280. The van der Waals surface area contributed by atoms with E-state index in [4.69, 9.17) is 23.2 Å². The maximum Gasteiger partial charge on any atom is 0.323 e. The van der Waals surface area contributed by atoms with Crippen molar-refractivity contribution in [3.8, 4) is 0 Å². The van der Waals surface area contributed by atoms with Crippen molar-refractivity contribution in [3.05, 3.63) is 58.3 Å². The lowest BCUT2D eigenvalue weighted by atomic mass is 10.2. The highest BCUT2D eigenvalue weighted by Gasteiger charge is 2.31. The van der Waals surface area contributed by atoms with Crippen LogP contribution in [0.2, 0.25) is 10.0 Å². The molecule has 1 aliphatic heterocycles. The topological polar surface area (TPSA) is 45.2 Å². The molecule has 1 saturated heterocycles. The first kappa shape index (κ1) is 15.5. The SMILES string of the molecule is O=C(Nc1ccc(Cl)cc1Cl)N1CCS[C@@H]1c1cccnc1. The fourth-order valence-corrected chi connectivity index (χ4v) is 3.95. The number of benzene rings is 1. The van der Waals surface area contributed by atoms with Crippen molar-refractivity contribution in [2.24, 2.45) is 0 Å². The number of hydrogen-bond donors (Lipinski definition) is 1. The lowest BCUT2D eigenvalue weighted by molar-refractivity contribution is 0.214. The van der Waals surface area contributed by atoms with E-state index in [0.29, 0.717) is 22.3 Å². The number of anilines is 1. The molecule has 2 aromatic rings. The van der Waals surface area contributed by atoms with Gasteiger partial charge in [-0.2, -0.15) is 0 Å². The van der Waals surface area contributed by atoms with E-state index in [1.165, 1.54) is 0 Å². The number of thioether (sulfide) groups is 1. The second-order valence-electron chi connectivity index (χ2n) is 4.76. The highest BCUT2D eigenvalue weighted by Crippen LogP contribution is 2.38. The van der Waals surface area contributed by atoms with Gasteiger partial charge < -0.3 is 10.2 Å². The number of rotatable bonds is 2. The largest absolute Gasteiger partial charge is 0.323 e. The van der Waals surface area contributed by atoms with Crippen LogP contribution in [0.1, 0.15) is 10.9 Å². The molecule has 0 aliphatic carbocycles. The van der Waals surface area contributed by atoms with E-state index in [-0.39, 0.29) is 11.4 Å². The quantitative estimate of drug-likeness (QED) is 0.853. The molecule has 0 spiro atoms. The van der Waals surface area contributed by atoms with Gasteiger partial charge in [0.15, 0.2) is 0 Å². The molecule has 22 heavy (non-hydrogen) atoms. The number of pyridine rings is 1. The maximum atomic E-state index is 12.5. The second-order valence-corrected chi connectivity index (χ2v) is 6.79. The molecule has 0 unspecified atom stereocenters. The summed E-state index contributed by atoms with van der Waals surface area (Å²) in [4.78, 5) is 18.4. The molecule has 2 heterocycles. The van der Waals surface area contributed by atoms with Gasteiger partial charge in [-0.05, 0) is 24.3 Å². The van der Waals surface area contributed by atoms with Crippen LogP contribution in [-0.4, -0.2) is 28.2 Å². The van der Waals surface area contributed by atoms with Crippen LogP contribution in [0.25, 0.3) is 0 Å². The number of halogens is 2. The van der Waals surface area contributed by atoms with Crippen LogP contribution in [0.4, 0.5) is 10.5 Å². The van der Waals surface area contributed by atoms with Gasteiger partial charge in [-0.1, -0.05) is 29.3 Å². The van der Waals surface area contributed by atoms with Gasteiger partial charge in [0.2, 0.25) is 0 Å². The predicted octanol–water partition coefficient (Wildman–Crippen LogP) is 4.67. The molecule has 1 aromatic heterocycles. The van der Waals surface area contributed by atoms with E-state index in [9.17, 15) is 4.79 Å². The summed E-state index contributed by atoms with van der Waals surface area (Å²) in [6, 6.07) is 8.68. The van der Waals surface area contributed by atoms with Gasteiger partial charge in [0.25, 0.3) is 0 Å². The Kier molecular flexibility index (Phi) is 4.76. The van der Waals surface area contributed by atoms with E-state index in [0.717, 1.165) is 11.3 Å². The number of urea groups is 1. The summed E-state index contributed by atoms with van der Waals surface area (Å²) in [5.41, 5.74) is 1.57. The molecule has 0 saturated carbocycles. The zero-order valence-electron chi connectivity index (χ0n) is 11.5. The summed E-state index contributed by atoms with van der Waals surface area (Å²) in [6.07, 6.45) is 3.51. The Labute approximate surface area is 142 Å². The van der Waals surface area contributed by atoms with E-state index >= 15 is 0 Å². The molecule has 1 aromatic carbocycles. The molecular weight excluding hydrogens is 341 g/mol. The average molecular weight is 354 g/mol. The van der Waals surface area contributed by atoms with Gasteiger partial charge in [-0.3, -0.25) is 4.98 Å². The van der Waals surface area contributed by atoms with Crippen molar-refractivity contribution in [2.45, 2.75) is 5.37 Å². The number of nitrogens with zero attached hydrogens (tertiary/aromatic N) is 2.